The minimum atomic E-state index is -3.42. The molecule has 28 heavy (non-hydrogen) atoms. The number of hydrogen-bond donors (Lipinski definition) is 0. The molecule has 1 aromatic rings. The van der Waals surface area contributed by atoms with Gasteiger partial charge in [0.05, 0.1) is 5.92 Å². The summed E-state index contributed by atoms with van der Waals surface area (Å²) >= 11 is 0. The summed E-state index contributed by atoms with van der Waals surface area (Å²) in [6, 6.07) is 1.94. The van der Waals surface area contributed by atoms with E-state index in [-0.39, 0.29) is 11.8 Å². The Hall–Kier alpha value is -1.78. The van der Waals surface area contributed by atoms with Crippen molar-refractivity contribution in [3.63, 3.8) is 0 Å². The van der Waals surface area contributed by atoms with Gasteiger partial charge in [-0.25, -0.2) is 9.97 Å². The van der Waals surface area contributed by atoms with Gasteiger partial charge in [0.25, 0.3) is 10.2 Å². The van der Waals surface area contributed by atoms with Crippen molar-refractivity contribution < 1.29 is 13.2 Å². The van der Waals surface area contributed by atoms with Crippen LogP contribution in [0.1, 0.15) is 24.2 Å². The van der Waals surface area contributed by atoms with Gasteiger partial charge < -0.3 is 9.80 Å². The van der Waals surface area contributed by atoms with Crippen LogP contribution in [-0.4, -0.2) is 91.2 Å². The van der Waals surface area contributed by atoms with Gasteiger partial charge in [0.2, 0.25) is 11.9 Å². The van der Waals surface area contributed by atoms with E-state index in [1.54, 1.807) is 4.90 Å². The van der Waals surface area contributed by atoms with Crippen LogP contribution >= 0.6 is 0 Å². The summed E-state index contributed by atoms with van der Waals surface area (Å²) in [5.74, 6) is 0.697. The van der Waals surface area contributed by atoms with E-state index in [4.69, 9.17) is 0 Å². The third-order valence-corrected chi connectivity index (χ3v) is 7.30. The lowest BCUT2D eigenvalue weighted by molar-refractivity contribution is -0.137. The molecule has 0 spiro atoms. The fourth-order valence-corrected chi connectivity index (χ4v) is 4.92. The SMILES string of the molecule is Cc1cc(C)nc(N2CCC[C@@H](C(=O)N3CCN(S(=O)(=O)N(C)C)CC3)C2)n1. The molecule has 0 saturated carbocycles. The average Bonchev–Trinajstić information content (AvgIpc) is 2.66. The Bertz CT molecular complexity index is 800. The third-order valence-electron chi connectivity index (χ3n) is 5.36. The number of amides is 1. The number of aromatic nitrogens is 2. The highest BCUT2D eigenvalue weighted by atomic mass is 32.2. The molecule has 10 heteroatoms. The molecule has 0 radical (unpaired) electrons. The number of carbonyl (C=O) groups excluding carboxylic acids is 1. The lowest BCUT2D eigenvalue weighted by Crippen LogP contribution is -2.55. The molecule has 2 aliphatic heterocycles. The number of aryl methyl sites for hydroxylation is 2. The van der Waals surface area contributed by atoms with Gasteiger partial charge in [0, 0.05) is 64.8 Å². The van der Waals surface area contributed by atoms with Crippen molar-refractivity contribution in [2.45, 2.75) is 26.7 Å². The number of piperazine rings is 1. The number of piperidine rings is 1. The normalized spacial score (nSPS) is 22.0. The molecule has 3 heterocycles. The van der Waals surface area contributed by atoms with Crippen LogP contribution in [0.5, 0.6) is 0 Å². The molecule has 0 aromatic carbocycles. The molecule has 0 unspecified atom stereocenters. The summed E-state index contributed by atoms with van der Waals surface area (Å²) < 4.78 is 27.1. The van der Waals surface area contributed by atoms with Crippen molar-refractivity contribution in [3.05, 3.63) is 17.5 Å². The molecular formula is C18H30N6O3S. The molecule has 9 nitrogen and oxygen atoms in total. The van der Waals surface area contributed by atoms with Gasteiger partial charge in [-0.3, -0.25) is 4.79 Å². The molecule has 2 saturated heterocycles. The second kappa shape index (κ2) is 8.30. The minimum Gasteiger partial charge on any atom is -0.340 e. The zero-order valence-corrected chi connectivity index (χ0v) is 17.9. The van der Waals surface area contributed by atoms with Crippen LogP contribution < -0.4 is 4.90 Å². The van der Waals surface area contributed by atoms with Crippen molar-refractivity contribution >= 4 is 22.1 Å². The van der Waals surface area contributed by atoms with Crippen LogP contribution in [0.4, 0.5) is 5.95 Å². The maximum atomic E-state index is 13.0. The fraction of sp³-hybridized carbons (Fsp3) is 0.722. The van der Waals surface area contributed by atoms with Crippen molar-refractivity contribution in [1.29, 1.82) is 0 Å². The van der Waals surface area contributed by atoms with E-state index in [0.717, 1.165) is 30.8 Å². The number of nitrogens with zero attached hydrogens (tertiary/aromatic N) is 6. The topological polar surface area (TPSA) is 90.0 Å². The second-order valence-corrected chi connectivity index (χ2v) is 9.89. The van der Waals surface area contributed by atoms with E-state index in [1.807, 2.05) is 19.9 Å². The Morgan fingerprint density at radius 3 is 2.25 bits per heavy atom. The van der Waals surface area contributed by atoms with E-state index in [9.17, 15) is 13.2 Å². The Kier molecular flexibility index (Phi) is 6.21. The van der Waals surface area contributed by atoms with Crippen LogP contribution in [0, 0.1) is 19.8 Å². The first-order chi connectivity index (χ1) is 13.2. The zero-order valence-electron chi connectivity index (χ0n) is 17.1. The van der Waals surface area contributed by atoms with Gasteiger partial charge in [0.15, 0.2) is 0 Å². The summed E-state index contributed by atoms with van der Waals surface area (Å²) in [6.45, 7) is 6.90. The number of hydrogen-bond acceptors (Lipinski definition) is 6. The van der Waals surface area contributed by atoms with Crippen LogP contribution in [0.25, 0.3) is 0 Å². The van der Waals surface area contributed by atoms with E-state index in [1.165, 1.54) is 22.7 Å². The van der Waals surface area contributed by atoms with Crippen molar-refractivity contribution in [2.24, 2.45) is 5.92 Å². The Labute approximate surface area is 167 Å². The first-order valence-corrected chi connectivity index (χ1v) is 11.1. The van der Waals surface area contributed by atoms with Gasteiger partial charge in [-0.2, -0.15) is 17.0 Å². The molecule has 0 bridgehead atoms. The predicted octanol–water partition coefficient (Wildman–Crippen LogP) is 0.260. The smallest absolute Gasteiger partial charge is 0.281 e. The monoisotopic (exact) mass is 410 g/mol. The van der Waals surface area contributed by atoms with Gasteiger partial charge in [0.1, 0.15) is 0 Å². The van der Waals surface area contributed by atoms with Gasteiger partial charge >= 0.3 is 0 Å². The molecular weight excluding hydrogens is 380 g/mol. The highest BCUT2D eigenvalue weighted by Gasteiger charge is 2.34. The average molecular weight is 411 g/mol. The molecule has 0 aliphatic carbocycles. The van der Waals surface area contributed by atoms with Crippen molar-refractivity contribution in [2.75, 3.05) is 58.3 Å². The summed E-state index contributed by atoms with van der Waals surface area (Å²) in [4.78, 5) is 26.0. The van der Waals surface area contributed by atoms with Gasteiger partial charge in [-0.05, 0) is 32.8 Å². The first kappa shape index (κ1) is 20.9. The number of anilines is 1. The minimum absolute atomic E-state index is 0.102. The Morgan fingerprint density at radius 2 is 1.68 bits per heavy atom. The largest absolute Gasteiger partial charge is 0.340 e. The van der Waals surface area contributed by atoms with E-state index >= 15 is 0 Å². The summed E-state index contributed by atoms with van der Waals surface area (Å²) in [5.41, 5.74) is 1.85. The highest BCUT2D eigenvalue weighted by molar-refractivity contribution is 7.86. The van der Waals surface area contributed by atoms with E-state index in [2.05, 4.69) is 14.9 Å². The molecule has 1 atom stereocenters. The molecule has 1 amide bonds. The fourth-order valence-electron chi connectivity index (χ4n) is 3.84. The zero-order chi connectivity index (χ0) is 20.5. The summed E-state index contributed by atoms with van der Waals surface area (Å²) in [5, 5.41) is 0. The van der Waals surface area contributed by atoms with Crippen LogP contribution in [-0.2, 0) is 15.0 Å². The molecule has 2 fully saturated rings. The van der Waals surface area contributed by atoms with Crippen LogP contribution in [0.15, 0.2) is 6.07 Å². The summed E-state index contributed by atoms with van der Waals surface area (Å²) in [6.07, 6.45) is 1.76. The van der Waals surface area contributed by atoms with Gasteiger partial charge in [-0.15, -0.1) is 0 Å². The molecule has 3 rings (SSSR count). The van der Waals surface area contributed by atoms with E-state index < -0.39 is 10.2 Å². The first-order valence-electron chi connectivity index (χ1n) is 9.72. The van der Waals surface area contributed by atoms with E-state index in [0.29, 0.717) is 38.7 Å². The van der Waals surface area contributed by atoms with Crippen LogP contribution in [0.3, 0.4) is 0 Å². The molecule has 2 aliphatic rings. The quantitative estimate of drug-likeness (QED) is 0.707. The van der Waals surface area contributed by atoms with Gasteiger partial charge in [-0.1, -0.05) is 0 Å². The van der Waals surface area contributed by atoms with Crippen molar-refractivity contribution in [1.82, 2.24) is 23.5 Å². The molecule has 1 aromatic heterocycles. The maximum Gasteiger partial charge on any atom is 0.281 e. The lowest BCUT2D eigenvalue weighted by atomic mass is 9.96. The summed E-state index contributed by atoms with van der Waals surface area (Å²) in [7, 11) is -0.370. The number of carbonyl (C=O) groups is 1. The second-order valence-electron chi connectivity index (χ2n) is 7.75. The molecule has 156 valence electrons. The Morgan fingerprint density at radius 1 is 1.07 bits per heavy atom. The molecule has 0 N–H and O–H groups in total. The predicted molar refractivity (Wildman–Crippen MR) is 107 cm³/mol. The lowest BCUT2D eigenvalue weighted by Gasteiger charge is -2.39. The van der Waals surface area contributed by atoms with Crippen molar-refractivity contribution in [3.8, 4) is 0 Å². The Balaban J connectivity index is 1.62. The highest BCUT2D eigenvalue weighted by Crippen LogP contribution is 2.23. The standard InChI is InChI=1S/C18H30N6O3S/c1-14-12-15(2)20-18(19-14)23-7-5-6-16(13-23)17(25)22-8-10-24(11-9-22)28(26,27)21(3)4/h12,16H,5-11,13H2,1-4H3/t16-/m1/s1. The third kappa shape index (κ3) is 4.44. The maximum absolute atomic E-state index is 13.0. The number of rotatable bonds is 4. The van der Waals surface area contributed by atoms with Crippen LogP contribution in [0.2, 0.25) is 0 Å².